The molecular weight excluding hydrogens is 307 g/mol. The van der Waals surface area contributed by atoms with E-state index in [-0.39, 0.29) is 0 Å². The van der Waals surface area contributed by atoms with E-state index in [2.05, 4.69) is 20.6 Å². The Bertz CT molecular complexity index is 626. The lowest BCUT2D eigenvalue weighted by Gasteiger charge is -2.12. The van der Waals surface area contributed by atoms with Gasteiger partial charge in [-0.15, -0.1) is 0 Å². The zero-order valence-electron chi connectivity index (χ0n) is 12.9. The maximum absolute atomic E-state index is 12.5. The van der Waals surface area contributed by atoms with Crippen LogP contribution in [0.1, 0.15) is 5.56 Å². The average Bonchev–Trinajstić information content (AvgIpc) is 2.47. The van der Waals surface area contributed by atoms with Crippen LogP contribution in [0.3, 0.4) is 0 Å². The van der Waals surface area contributed by atoms with E-state index in [9.17, 15) is 13.2 Å². The summed E-state index contributed by atoms with van der Waals surface area (Å²) in [6.45, 7) is 1.58. The Labute approximate surface area is 132 Å². The molecule has 2 N–H and O–H groups in total. The van der Waals surface area contributed by atoms with Crippen LogP contribution in [-0.2, 0) is 6.18 Å². The van der Waals surface area contributed by atoms with E-state index in [1.54, 1.807) is 6.07 Å². The topological polar surface area (TPSA) is 53.1 Å². The molecule has 0 saturated carbocycles. The number of nitrogens with one attached hydrogen (secondary N) is 2. The number of hydrogen-bond acceptors (Lipinski definition) is 5. The number of likely N-dealkylation sites (N-methyl/N-ethyl adjacent to an activating group) is 1. The van der Waals surface area contributed by atoms with Crippen LogP contribution in [0.4, 0.5) is 30.5 Å². The van der Waals surface area contributed by atoms with Gasteiger partial charge in [0, 0.05) is 24.8 Å². The molecule has 8 heteroatoms. The lowest BCUT2D eigenvalue weighted by Crippen LogP contribution is -2.21. The van der Waals surface area contributed by atoms with E-state index in [0.29, 0.717) is 17.3 Å². The van der Waals surface area contributed by atoms with E-state index in [1.165, 1.54) is 18.5 Å². The van der Waals surface area contributed by atoms with E-state index in [4.69, 9.17) is 0 Å². The lowest BCUT2D eigenvalue weighted by atomic mass is 10.2. The molecule has 5 nitrogen and oxygen atoms in total. The standard InChI is InChI=1S/C15H18F3N5/c1-23(2)8-7-19-13-9-14(21-10-20-13)22-12-5-3-11(4-6-12)15(16,17)18/h3-6,9-10H,7-8H2,1-2H3,(H2,19,20,21,22). The Kier molecular flexibility index (Phi) is 5.38. The van der Waals surface area contributed by atoms with Gasteiger partial charge in [0.2, 0.25) is 0 Å². The Morgan fingerprint density at radius 3 is 2.30 bits per heavy atom. The average molecular weight is 325 g/mol. The van der Waals surface area contributed by atoms with Gasteiger partial charge in [0.15, 0.2) is 0 Å². The lowest BCUT2D eigenvalue weighted by molar-refractivity contribution is -0.137. The maximum Gasteiger partial charge on any atom is 0.416 e. The third kappa shape index (κ3) is 5.41. The fourth-order valence-electron chi connectivity index (χ4n) is 1.82. The van der Waals surface area contributed by atoms with Crippen molar-refractivity contribution in [3.63, 3.8) is 0 Å². The third-order valence-electron chi connectivity index (χ3n) is 3.02. The summed E-state index contributed by atoms with van der Waals surface area (Å²) in [5.41, 5.74) is -0.160. The van der Waals surface area contributed by atoms with Gasteiger partial charge in [-0.25, -0.2) is 9.97 Å². The smallest absolute Gasteiger partial charge is 0.369 e. The number of aromatic nitrogens is 2. The highest BCUT2D eigenvalue weighted by molar-refractivity contribution is 5.59. The van der Waals surface area contributed by atoms with Crippen LogP contribution in [-0.4, -0.2) is 42.1 Å². The van der Waals surface area contributed by atoms with Crippen LogP contribution in [0.25, 0.3) is 0 Å². The number of halogens is 3. The van der Waals surface area contributed by atoms with Crippen molar-refractivity contribution in [1.82, 2.24) is 14.9 Å². The summed E-state index contributed by atoms with van der Waals surface area (Å²) in [6.07, 6.45) is -2.94. The number of hydrogen-bond donors (Lipinski definition) is 2. The zero-order chi connectivity index (χ0) is 16.9. The Morgan fingerprint density at radius 1 is 1.04 bits per heavy atom. The van der Waals surface area contributed by atoms with Crippen LogP contribution < -0.4 is 10.6 Å². The fourth-order valence-corrected chi connectivity index (χ4v) is 1.82. The predicted molar refractivity (Wildman–Crippen MR) is 83.8 cm³/mol. The van der Waals surface area contributed by atoms with E-state index in [0.717, 1.165) is 25.2 Å². The molecule has 0 aliphatic heterocycles. The Hall–Kier alpha value is -2.35. The first-order valence-electron chi connectivity index (χ1n) is 6.99. The molecular formula is C15H18F3N5. The molecule has 2 rings (SSSR count). The summed E-state index contributed by atoms with van der Waals surface area (Å²) in [7, 11) is 3.94. The first kappa shape index (κ1) is 17.0. The summed E-state index contributed by atoms with van der Waals surface area (Å²) in [4.78, 5) is 10.2. The quantitative estimate of drug-likeness (QED) is 0.854. The number of nitrogens with zero attached hydrogens (tertiary/aromatic N) is 3. The number of anilines is 3. The molecule has 2 aromatic rings. The minimum Gasteiger partial charge on any atom is -0.369 e. The van der Waals surface area contributed by atoms with Crippen molar-refractivity contribution in [2.75, 3.05) is 37.8 Å². The SMILES string of the molecule is CN(C)CCNc1cc(Nc2ccc(C(F)(F)F)cc2)ncn1. The molecule has 0 saturated heterocycles. The highest BCUT2D eigenvalue weighted by Crippen LogP contribution is 2.30. The molecule has 1 aromatic carbocycles. The second-order valence-corrected chi connectivity index (χ2v) is 5.22. The predicted octanol–water partition coefficient (Wildman–Crippen LogP) is 3.21. The number of alkyl halides is 3. The van der Waals surface area contributed by atoms with E-state index < -0.39 is 11.7 Å². The first-order valence-corrected chi connectivity index (χ1v) is 6.99. The molecule has 0 atom stereocenters. The molecule has 0 radical (unpaired) electrons. The number of benzene rings is 1. The fraction of sp³-hybridized carbons (Fsp3) is 0.333. The van der Waals surface area contributed by atoms with Crippen molar-refractivity contribution in [3.05, 3.63) is 42.2 Å². The van der Waals surface area contributed by atoms with Gasteiger partial charge in [-0.3, -0.25) is 0 Å². The van der Waals surface area contributed by atoms with Crippen LogP contribution >= 0.6 is 0 Å². The van der Waals surface area contributed by atoms with Crippen molar-refractivity contribution in [3.8, 4) is 0 Å². The van der Waals surface area contributed by atoms with Crippen molar-refractivity contribution in [2.24, 2.45) is 0 Å². The van der Waals surface area contributed by atoms with Gasteiger partial charge in [0.1, 0.15) is 18.0 Å². The normalized spacial score (nSPS) is 11.6. The van der Waals surface area contributed by atoms with Gasteiger partial charge in [-0.1, -0.05) is 0 Å². The van der Waals surface area contributed by atoms with Gasteiger partial charge in [-0.05, 0) is 38.4 Å². The summed E-state index contributed by atoms with van der Waals surface area (Å²) < 4.78 is 37.6. The van der Waals surface area contributed by atoms with Crippen molar-refractivity contribution in [1.29, 1.82) is 0 Å². The molecule has 0 amide bonds. The Morgan fingerprint density at radius 2 is 1.70 bits per heavy atom. The van der Waals surface area contributed by atoms with Gasteiger partial charge in [-0.2, -0.15) is 13.2 Å². The van der Waals surface area contributed by atoms with Crippen LogP contribution in [0.15, 0.2) is 36.7 Å². The van der Waals surface area contributed by atoms with Gasteiger partial charge >= 0.3 is 6.18 Å². The van der Waals surface area contributed by atoms with Crippen molar-refractivity contribution < 1.29 is 13.2 Å². The summed E-state index contributed by atoms with van der Waals surface area (Å²) in [5, 5.41) is 6.10. The maximum atomic E-state index is 12.5. The van der Waals surface area contributed by atoms with E-state index >= 15 is 0 Å². The second-order valence-electron chi connectivity index (χ2n) is 5.22. The van der Waals surface area contributed by atoms with Crippen LogP contribution in [0.5, 0.6) is 0 Å². The highest BCUT2D eigenvalue weighted by Gasteiger charge is 2.29. The van der Waals surface area contributed by atoms with Crippen LogP contribution in [0.2, 0.25) is 0 Å². The highest BCUT2D eigenvalue weighted by atomic mass is 19.4. The molecule has 1 heterocycles. The molecule has 124 valence electrons. The minimum absolute atomic E-state index is 0.507. The van der Waals surface area contributed by atoms with Gasteiger partial charge in [0.05, 0.1) is 5.56 Å². The zero-order valence-corrected chi connectivity index (χ0v) is 12.9. The molecule has 0 aliphatic carbocycles. The van der Waals surface area contributed by atoms with E-state index in [1.807, 2.05) is 19.0 Å². The van der Waals surface area contributed by atoms with Crippen LogP contribution in [0, 0.1) is 0 Å². The molecule has 23 heavy (non-hydrogen) atoms. The summed E-state index contributed by atoms with van der Waals surface area (Å²) >= 11 is 0. The molecule has 0 unspecified atom stereocenters. The largest absolute Gasteiger partial charge is 0.416 e. The summed E-state index contributed by atoms with van der Waals surface area (Å²) in [6, 6.07) is 6.49. The second kappa shape index (κ2) is 7.28. The summed E-state index contributed by atoms with van der Waals surface area (Å²) in [5.74, 6) is 1.16. The molecule has 0 fully saturated rings. The third-order valence-corrected chi connectivity index (χ3v) is 3.02. The molecule has 0 aliphatic rings. The van der Waals surface area contributed by atoms with Gasteiger partial charge in [0.25, 0.3) is 0 Å². The Balaban J connectivity index is 2.00. The molecule has 1 aromatic heterocycles. The molecule has 0 spiro atoms. The first-order chi connectivity index (χ1) is 10.8. The number of rotatable bonds is 6. The van der Waals surface area contributed by atoms with Gasteiger partial charge < -0.3 is 15.5 Å². The minimum atomic E-state index is -4.34. The van der Waals surface area contributed by atoms with Crippen molar-refractivity contribution in [2.45, 2.75) is 6.18 Å². The molecule has 0 bridgehead atoms. The monoisotopic (exact) mass is 325 g/mol. The van der Waals surface area contributed by atoms with Crippen molar-refractivity contribution >= 4 is 17.3 Å².